The first-order valence-corrected chi connectivity index (χ1v) is 7.63. The van der Waals surface area contributed by atoms with Gasteiger partial charge in [0, 0.05) is 22.0 Å². The van der Waals surface area contributed by atoms with Crippen LogP contribution in [-0.4, -0.2) is 22.8 Å². The predicted molar refractivity (Wildman–Crippen MR) is 81.8 cm³/mol. The number of nitrogens with zero attached hydrogens (tertiary/aromatic N) is 2. The molecule has 1 aromatic carbocycles. The van der Waals surface area contributed by atoms with Crippen molar-refractivity contribution in [1.82, 2.24) is 9.88 Å². The van der Waals surface area contributed by atoms with E-state index >= 15 is 0 Å². The maximum Gasteiger partial charge on any atom is 0.253 e. The summed E-state index contributed by atoms with van der Waals surface area (Å²) in [6, 6.07) is 5.21. The number of aryl methyl sites for hydroxylation is 1. The molecule has 0 spiro atoms. The van der Waals surface area contributed by atoms with Gasteiger partial charge in [-0.15, -0.1) is 11.3 Å². The van der Waals surface area contributed by atoms with Gasteiger partial charge in [-0.05, 0) is 41.1 Å². The summed E-state index contributed by atoms with van der Waals surface area (Å²) in [7, 11) is 1.78. The number of hydrogen-bond acceptors (Lipinski definition) is 3. The smallest absolute Gasteiger partial charge is 0.253 e. The summed E-state index contributed by atoms with van der Waals surface area (Å²) in [4.78, 5) is 19.2. The zero-order valence-corrected chi connectivity index (χ0v) is 13.6. The van der Waals surface area contributed by atoms with E-state index in [0.717, 1.165) is 15.0 Å². The van der Waals surface area contributed by atoms with Crippen molar-refractivity contribution in [3.05, 3.63) is 49.3 Å². The number of halogens is 2. The Morgan fingerprint density at radius 1 is 1.53 bits per heavy atom. The molecule has 0 radical (unpaired) electrons. The fourth-order valence-corrected chi connectivity index (χ4v) is 2.87. The third kappa shape index (κ3) is 3.35. The highest BCUT2D eigenvalue weighted by atomic mass is 79.9. The van der Waals surface area contributed by atoms with Crippen molar-refractivity contribution < 1.29 is 4.79 Å². The number of aromatic nitrogens is 1. The van der Waals surface area contributed by atoms with E-state index in [9.17, 15) is 4.79 Å². The van der Waals surface area contributed by atoms with E-state index in [1.165, 1.54) is 0 Å². The molecule has 0 aliphatic carbocycles. The van der Waals surface area contributed by atoms with Gasteiger partial charge >= 0.3 is 0 Å². The lowest BCUT2D eigenvalue weighted by molar-refractivity contribution is 0.0786. The maximum atomic E-state index is 12.3. The average molecular weight is 360 g/mol. The van der Waals surface area contributed by atoms with Gasteiger partial charge in [-0.1, -0.05) is 11.6 Å². The third-order valence-corrected chi connectivity index (χ3v) is 4.89. The second kappa shape index (κ2) is 6.03. The van der Waals surface area contributed by atoms with Gasteiger partial charge in [0.1, 0.15) is 0 Å². The number of amides is 1. The first kappa shape index (κ1) is 14.5. The summed E-state index contributed by atoms with van der Waals surface area (Å²) in [5, 5.41) is 0.535. The number of thiazole rings is 1. The van der Waals surface area contributed by atoms with Gasteiger partial charge in [-0.25, -0.2) is 4.98 Å². The molecule has 3 nitrogen and oxygen atoms in total. The predicted octanol–water partition coefficient (Wildman–Crippen LogP) is 4.14. The van der Waals surface area contributed by atoms with Crippen molar-refractivity contribution in [3.63, 3.8) is 0 Å². The molecule has 0 saturated heterocycles. The van der Waals surface area contributed by atoms with Crippen molar-refractivity contribution in [2.24, 2.45) is 0 Å². The maximum absolute atomic E-state index is 12.3. The van der Waals surface area contributed by atoms with Gasteiger partial charge in [-0.2, -0.15) is 0 Å². The second-order valence-corrected chi connectivity index (χ2v) is 6.35. The standard InChI is InChI=1S/C13H12BrClN2OS/c1-8-12(19-7-16-8)6-17(2)13(18)9-3-4-10(14)11(15)5-9/h3-5,7H,6H2,1-2H3. The normalized spacial score (nSPS) is 10.5. The van der Waals surface area contributed by atoms with E-state index < -0.39 is 0 Å². The van der Waals surface area contributed by atoms with Crippen LogP contribution in [0.4, 0.5) is 0 Å². The zero-order chi connectivity index (χ0) is 14.0. The van der Waals surface area contributed by atoms with E-state index in [1.54, 1.807) is 47.0 Å². The van der Waals surface area contributed by atoms with Gasteiger partial charge < -0.3 is 4.90 Å². The molecule has 0 fully saturated rings. The van der Waals surface area contributed by atoms with Crippen LogP contribution >= 0.6 is 38.9 Å². The zero-order valence-electron chi connectivity index (χ0n) is 10.5. The van der Waals surface area contributed by atoms with Crippen LogP contribution in [0.25, 0.3) is 0 Å². The molecule has 0 aliphatic heterocycles. The Hall–Kier alpha value is -0.910. The average Bonchev–Trinajstić information content (AvgIpc) is 2.77. The molecule has 6 heteroatoms. The van der Waals surface area contributed by atoms with Crippen LogP contribution in [0, 0.1) is 6.92 Å². The van der Waals surface area contributed by atoms with E-state index in [1.807, 2.05) is 6.92 Å². The third-order valence-electron chi connectivity index (χ3n) is 2.74. The lowest BCUT2D eigenvalue weighted by Gasteiger charge is -2.17. The lowest BCUT2D eigenvalue weighted by atomic mass is 10.2. The lowest BCUT2D eigenvalue weighted by Crippen LogP contribution is -2.26. The van der Waals surface area contributed by atoms with Crippen LogP contribution in [-0.2, 0) is 6.54 Å². The van der Waals surface area contributed by atoms with Crippen molar-refractivity contribution in [1.29, 1.82) is 0 Å². The molecule has 1 amide bonds. The highest BCUT2D eigenvalue weighted by molar-refractivity contribution is 9.10. The van der Waals surface area contributed by atoms with E-state index in [4.69, 9.17) is 11.6 Å². The van der Waals surface area contributed by atoms with Crippen molar-refractivity contribution >= 4 is 44.8 Å². The summed E-state index contributed by atoms with van der Waals surface area (Å²) < 4.78 is 0.784. The highest BCUT2D eigenvalue weighted by Gasteiger charge is 2.15. The Morgan fingerprint density at radius 3 is 2.84 bits per heavy atom. The topological polar surface area (TPSA) is 33.2 Å². The Balaban J connectivity index is 2.15. The number of benzene rings is 1. The fraction of sp³-hybridized carbons (Fsp3) is 0.231. The van der Waals surface area contributed by atoms with Gasteiger partial charge in [0.2, 0.25) is 0 Å². The SMILES string of the molecule is Cc1ncsc1CN(C)C(=O)c1ccc(Br)c(Cl)c1. The Kier molecular flexibility index (Phi) is 4.60. The molecule has 0 atom stereocenters. The molecule has 0 bridgehead atoms. The van der Waals surface area contributed by atoms with E-state index in [-0.39, 0.29) is 5.91 Å². The van der Waals surface area contributed by atoms with Crippen molar-refractivity contribution in [2.75, 3.05) is 7.05 Å². The van der Waals surface area contributed by atoms with E-state index in [2.05, 4.69) is 20.9 Å². The number of rotatable bonds is 3. The summed E-state index contributed by atoms with van der Waals surface area (Å²) in [5.41, 5.74) is 3.34. The number of carbonyl (C=O) groups is 1. The summed E-state index contributed by atoms with van der Waals surface area (Å²) in [5.74, 6) is -0.0535. The number of hydrogen-bond donors (Lipinski definition) is 0. The first-order valence-electron chi connectivity index (χ1n) is 5.58. The van der Waals surface area contributed by atoms with Gasteiger partial charge in [-0.3, -0.25) is 4.79 Å². The van der Waals surface area contributed by atoms with Crippen molar-refractivity contribution in [2.45, 2.75) is 13.5 Å². The Bertz CT molecular complexity index is 614. The number of carbonyl (C=O) groups excluding carboxylic acids is 1. The van der Waals surface area contributed by atoms with Crippen LogP contribution in [0.15, 0.2) is 28.2 Å². The first-order chi connectivity index (χ1) is 8.99. The summed E-state index contributed by atoms with van der Waals surface area (Å²) >= 11 is 10.9. The molecule has 0 N–H and O–H groups in total. The molecular formula is C13H12BrClN2OS. The summed E-state index contributed by atoms with van der Waals surface area (Å²) in [6.07, 6.45) is 0. The molecule has 0 saturated carbocycles. The molecule has 0 unspecified atom stereocenters. The van der Waals surface area contributed by atoms with Crippen LogP contribution in [0.2, 0.25) is 5.02 Å². The minimum atomic E-state index is -0.0535. The van der Waals surface area contributed by atoms with Crippen LogP contribution in [0.5, 0.6) is 0 Å². The largest absolute Gasteiger partial charge is 0.336 e. The van der Waals surface area contributed by atoms with Gasteiger partial charge in [0.05, 0.1) is 22.8 Å². The van der Waals surface area contributed by atoms with Crippen molar-refractivity contribution in [3.8, 4) is 0 Å². The molecule has 1 heterocycles. The molecule has 0 aliphatic rings. The second-order valence-electron chi connectivity index (χ2n) is 4.15. The quantitative estimate of drug-likeness (QED) is 0.825. The molecule has 19 heavy (non-hydrogen) atoms. The van der Waals surface area contributed by atoms with Crippen LogP contribution in [0.1, 0.15) is 20.9 Å². The Labute approximate surface area is 129 Å². The molecule has 1 aromatic heterocycles. The Morgan fingerprint density at radius 2 is 2.26 bits per heavy atom. The minimum Gasteiger partial charge on any atom is -0.336 e. The van der Waals surface area contributed by atoms with Crippen LogP contribution in [0.3, 0.4) is 0 Å². The monoisotopic (exact) mass is 358 g/mol. The minimum absolute atomic E-state index is 0.0535. The van der Waals surface area contributed by atoms with Gasteiger partial charge in [0.15, 0.2) is 0 Å². The molecular weight excluding hydrogens is 348 g/mol. The molecule has 2 aromatic rings. The fourth-order valence-electron chi connectivity index (χ4n) is 1.61. The highest BCUT2D eigenvalue weighted by Crippen LogP contribution is 2.24. The van der Waals surface area contributed by atoms with Crippen LogP contribution < -0.4 is 0 Å². The van der Waals surface area contributed by atoms with Gasteiger partial charge in [0.25, 0.3) is 5.91 Å². The molecule has 2 rings (SSSR count). The molecule has 100 valence electrons. The summed E-state index contributed by atoms with van der Waals surface area (Å²) in [6.45, 7) is 2.50. The van der Waals surface area contributed by atoms with E-state index in [0.29, 0.717) is 17.1 Å².